The van der Waals surface area contributed by atoms with Crippen LogP contribution in [0.15, 0.2) is 30.5 Å². The number of rotatable bonds is 1. The smallest absolute Gasteiger partial charge is 0.123 e. The summed E-state index contributed by atoms with van der Waals surface area (Å²) in [4.78, 5) is 4.29. The molecule has 2 heteroatoms. The Morgan fingerprint density at radius 2 is 1.62 bits per heavy atom. The molecule has 1 aromatic carbocycles. The van der Waals surface area contributed by atoms with Crippen LogP contribution in [0.3, 0.4) is 0 Å². The first-order valence-corrected chi connectivity index (χ1v) is 5.27. The monoisotopic (exact) mass is 215 g/mol. The van der Waals surface area contributed by atoms with Crippen LogP contribution in [-0.4, -0.2) is 4.98 Å². The molecule has 1 nitrogen and oxygen atoms in total. The van der Waals surface area contributed by atoms with Gasteiger partial charge in [0.15, 0.2) is 0 Å². The number of benzene rings is 1. The largest absolute Gasteiger partial charge is 0.261 e. The summed E-state index contributed by atoms with van der Waals surface area (Å²) in [5.41, 5.74) is 5.23. The van der Waals surface area contributed by atoms with E-state index < -0.39 is 0 Å². The fourth-order valence-electron chi connectivity index (χ4n) is 1.91. The minimum atomic E-state index is -0.195. The summed E-state index contributed by atoms with van der Waals surface area (Å²) in [7, 11) is 0. The molecule has 2 aromatic rings. The van der Waals surface area contributed by atoms with E-state index in [0.29, 0.717) is 0 Å². The van der Waals surface area contributed by atoms with Crippen LogP contribution in [-0.2, 0) is 0 Å². The lowest BCUT2D eigenvalue weighted by atomic mass is 9.98. The molecule has 0 unspecified atom stereocenters. The molecule has 1 aromatic heterocycles. The van der Waals surface area contributed by atoms with E-state index in [1.807, 2.05) is 39.1 Å². The third-order valence-electron chi connectivity index (χ3n) is 2.73. The van der Waals surface area contributed by atoms with Crippen molar-refractivity contribution >= 4 is 0 Å². The highest BCUT2D eigenvalue weighted by molar-refractivity contribution is 5.69. The van der Waals surface area contributed by atoms with Crippen LogP contribution in [0.1, 0.15) is 16.8 Å². The molecule has 1 heterocycles. The van der Waals surface area contributed by atoms with Crippen molar-refractivity contribution in [2.75, 3.05) is 0 Å². The van der Waals surface area contributed by atoms with Crippen molar-refractivity contribution in [3.63, 3.8) is 0 Å². The Balaban J connectivity index is 2.59. The zero-order chi connectivity index (χ0) is 11.7. The molecule has 0 saturated heterocycles. The first-order valence-electron chi connectivity index (χ1n) is 5.27. The number of pyridine rings is 1. The topological polar surface area (TPSA) is 12.9 Å². The van der Waals surface area contributed by atoms with Crippen molar-refractivity contribution in [1.29, 1.82) is 0 Å². The zero-order valence-corrected chi connectivity index (χ0v) is 9.71. The molecule has 0 fully saturated rings. The lowest BCUT2D eigenvalue weighted by Gasteiger charge is -2.09. The number of hydrogen-bond acceptors (Lipinski definition) is 1. The molecular formula is C14H14FN. The Bertz CT molecular complexity index is 483. The molecule has 0 bridgehead atoms. The third-order valence-corrected chi connectivity index (χ3v) is 2.73. The molecule has 2 rings (SSSR count). The van der Waals surface area contributed by atoms with Gasteiger partial charge in [0, 0.05) is 17.5 Å². The van der Waals surface area contributed by atoms with Crippen molar-refractivity contribution < 1.29 is 4.39 Å². The highest BCUT2D eigenvalue weighted by atomic mass is 19.1. The van der Waals surface area contributed by atoms with Crippen LogP contribution in [0, 0.1) is 26.6 Å². The average Bonchev–Trinajstić information content (AvgIpc) is 2.19. The van der Waals surface area contributed by atoms with E-state index in [4.69, 9.17) is 0 Å². The molecular weight excluding hydrogens is 201 g/mol. The summed E-state index contributed by atoms with van der Waals surface area (Å²) >= 11 is 0. The molecule has 0 aliphatic carbocycles. The highest BCUT2D eigenvalue weighted by Gasteiger charge is 2.06. The highest BCUT2D eigenvalue weighted by Crippen LogP contribution is 2.26. The minimum Gasteiger partial charge on any atom is -0.261 e. The molecule has 0 spiro atoms. The molecule has 82 valence electrons. The zero-order valence-electron chi connectivity index (χ0n) is 9.71. The van der Waals surface area contributed by atoms with Gasteiger partial charge in [-0.2, -0.15) is 0 Å². The van der Waals surface area contributed by atoms with E-state index in [-0.39, 0.29) is 5.82 Å². The fourth-order valence-corrected chi connectivity index (χ4v) is 1.91. The quantitative estimate of drug-likeness (QED) is 0.704. The van der Waals surface area contributed by atoms with Crippen LogP contribution >= 0.6 is 0 Å². The Morgan fingerprint density at radius 3 is 2.25 bits per heavy atom. The van der Waals surface area contributed by atoms with Crippen LogP contribution in [0.4, 0.5) is 4.39 Å². The average molecular weight is 215 g/mol. The molecule has 0 radical (unpaired) electrons. The van der Waals surface area contributed by atoms with E-state index in [9.17, 15) is 4.39 Å². The number of nitrogens with zero attached hydrogens (tertiary/aromatic N) is 1. The summed E-state index contributed by atoms with van der Waals surface area (Å²) in [5, 5.41) is 0. The number of hydrogen-bond donors (Lipinski definition) is 0. The summed E-state index contributed by atoms with van der Waals surface area (Å²) in [5.74, 6) is -0.195. The van der Waals surface area contributed by atoms with Crippen molar-refractivity contribution in [1.82, 2.24) is 4.98 Å². The Labute approximate surface area is 95.0 Å². The predicted molar refractivity (Wildman–Crippen MR) is 63.8 cm³/mol. The van der Waals surface area contributed by atoms with Crippen molar-refractivity contribution in [3.05, 3.63) is 53.1 Å². The first kappa shape index (κ1) is 10.8. The molecule has 0 aliphatic heterocycles. The second kappa shape index (κ2) is 4.05. The summed E-state index contributed by atoms with van der Waals surface area (Å²) < 4.78 is 13.0. The Hall–Kier alpha value is -1.70. The van der Waals surface area contributed by atoms with Crippen LogP contribution in [0.5, 0.6) is 0 Å². The number of aryl methyl sites for hydroxylation is 3. The van der Waals surface area contributed by atoms with Gasteiger partial charge < -0.3 is 0 Å². The molecule has 16 heavy (non-hydrogen) atoms. The fraction of sp³-hybridized carbons (Fsp3) is 0.214. The van der Waals surface area contributed by atoms with Crippen LogP contribution in [0.2, 0.25) is 0 Å². The summed E-state index contributed by atoms with van der Waals surface area (Å²) in [6, 6.07) is 6.89. The van der Waals surface area contributed by atoms with Gasteiger partial charge in [0.1, 0.15) is 5.82 Å². The van der Waals surface area contributed by atoms with Gasteiger partial charge in [0.2, 0.25) is 0 Å². The number of halogens is 1. The number of aromatic nitrogens is 1. The molecule has 0 atom stereocenters. The molecule has 0 amide bonds. The van der Waals surface area contributed by atoms with Gasteiger partial charge >= 0.3 is 0 Å². The van der Waals surface area contributed by atoms with Crippen molar-refractivity contribution in [2.24, 2.45) is 0 Å². The molecule has 0 saturated carbocycles. The van der Waals surface area contributed by atoms with E-state index in [2.05, 4.69) is 4.98 Å². The second-order valence-corrected chi connectivity index (χ2v) is 4.10. The second-order valence-electron chi connectivity index (χ2n) is 4.10. The van der Waals surface area contributed by atoms with E-state index >= 15 is 0 Å². The summed E-state index contributed by atoms with van der Waals surface area (Å²) in [6.45, 7) is 5.93. The SMILES string of the molecule is Cc1cc(C)c(-c2ccc(F)cc2C)cn1. The van der Waals surface area contributed by atoms with Gasteiger partial charge in [0.05, 0.1) is 0 Å². The van der Waals surface area contributed by atoms with E-state index in [1.54, 1.807) is 6.07 Å². The predicted octanol–water partition coefficient (Wildman–Crippen LogP) is 3.81. The standard InChI is InChI=1S/C14H14FN/c1-9-6-11(3)16-8-14(9)13-5-4-12(15)7-10(13)2/h4-8H,1-3H3. The van der Waals surface area contributed by atoms with Gasteiger partial charge in [-0.15, -0.1) is 0 Å². The maximum absolute atomic E-state index is 13.0. The van der Waals surface area contributed by atoms with Crippen molar-refractivity contribution in [2.45, 2.75) is 20.8 Å². The lowest BCUT2D eigenvalue weighted by molar-refractivity contribution is 0.627. The summed E-state index contributed by atoms with van der Waals surface area (Å²) in [6.07, 6.45) is 1.85. The van der Waals surface area contributed by atoms with E-state index in [1.165, 1.54) is 11.6 Å². The van der Waals surface area contributed by atoms with Crippen molar-refractivity contribution in [3.8, 4) is 11.1 Å². The van der Waals surface area contributed by atoms with E-state index in [0.717, 1.165) is 22.4 Å². The maximum Gasteiger partial charge on any atom is 0.123 e. The van der Waals surface area contributed by atoms with Gasteiger partial charge in [-0.25, -0.2) is 4.39 Å². The Kier molecular flexibility index (Phi) is 2.73. The van der Waals surface area contributed by atoms with Crippen LogP contribution in [0.25, 0.3) is 11.1 Å². The first-order chi connectivity index (χ1) is 7.58. The van der Waals surface area contributed by atoms with Gasteiger partial charge in [-0.05, 0) is 55.7 Å². The third kappa shape index (κ3) is 1.96. The maximum atomic E-state index is 13.0. The van der Waals surface area contributed by atoms with Crippen LogP contribution < -0.4 is 0 Å². The molecule has 0 N–H and O–H groups in total. The normalized spacial score (nSPS) is 10.5. The van der Waals surface area contributed by atoms with Gasteiger partial charge in [-0.1, -0.05) is 6.07 Å². The Morgan fingerprint density at radius 1 is 0.938 bits per heavy atom. The van der Waals surface area contributed by atoms with Gasteiger partial charge in [-0.3, -0.25) is 4.98 Å². The molecule has 0 aliphatic rings. The lowest BCUT2D eigenvalue weighted by Crippen LogP contribution is -1.91. The van der Waals surface area contributed by atoms with Gasteiger partial charge in [0.25, 0.3) is 0 Å². The minimum absolute atomic E-state index is 0.195.